The monoisotopic (exact) mass is 294 g/mol. The van der Waals surface area contributed by atoms with Gasteiger partial charge in [0, 0.05) is 6.42 Å². The van der Waals surface area contributed by atoms with Gasteiger partial charge in [-0.2, -0.15) is 0 Å². The van der Waals surface area contributed by atoms with E-state index in [0.717, 1.165) is 12.3 Å². The van der Waals surface area contributed by atoms with Gasteiger partial charge in [0.1, 0.15) is 11.7 Å². The van der Waals surface area contributed by atoms with Crippen molar-refractivity contribution in [2.24, 2.45) is 23.7 Å². The lowest BCUT2D eigenvalue weighted by Crippen LogP contribution is -2.34. The lowest BCUT2D eigenvalue weighted by atomic mass is 9.68. The van der Waals surface area contributed by atoms with Gasteiger partial charge in [-0.15, -0.1) is 0 Å². The first kappa shape index (κ1) is 16.5. The number of hydrogen-bond acceptors (Lipinski definition) is 2. The van der Waals surface area contributed by atoms with Crippen molar-refractivity contribution < 1.29 is 14.7 Å². The average molecular weight is 294 g/mol. The summed E-state index contributed by atoms with van der Waals surface area (Å²) in [5.41, 5.74) is 0. The predicted molar refractivity (Wildman–Crippen MR) is 83.1 cm³/mol. The molecule has 0 amide bonds. The van der Waals surface area contributed by atoms with Crippen molar-refractivity contribution in [1.82, 2.24) is 0 Å². The van der Waals surface area contributed by atoms with Crippen molar-refractivity contribution in [3.8, 4) is 0 Å². The number of aliphatic carboxylic acids is 1. The molecule has 0 saturated heterocycles. The van der Waals surface area contributed by atoms with Crippen LogP contribution >= 0.6 is 0 Å². The Kier molecular flexibility index (Phi) is 6.25. The Bertz CT molecular complexity index is 355. The third kappa shape index (κ3) is 4.55. The van der Waals surface area contributed by atoms with Crippen LogP contribution in [0.1, 0.15) is 77.6 Å². The van der Waals surface area contributed by atoms with Gasteiger partial charge in [0.05, 0.1) is 0 Å². The van der Waals surface area contributed by atoms with E-state index in [1.54, 1.807) is 0 Å². The van der Waals surface area contributed by atoms with E-state index in [9.17, 15) is 9.59 Å². The van der Waals surface area contributed by atoms with E-state index in [4.69, 9.17) is 5.11 Å². The van der Waals surface area contributed by atoms with Crippen molar-refractivity contribution >= 4 is 11.8 Å². The maximum Gasteiger partial charge on any atom is 0.314 e. The smallest absolute Gasteiger partial charge is 0.314 e. The third-order valence-corrected chi connectivity index (χ3v) is 5.75. The highest BCUT2D eigenvalue weighted by Crippen LogP contribution is 2.41. The predicted octanol–water partition coefficient (Wildman–Crippen LogP) is 4.44. The lowest BCUT2D eigenvalue weighted by Gasteiger charge is -2.36. The number of carbonyl (C=O) groups is 2. The molecular formula is C18H30O3. The number of unbranched alkanes of at least 4 members (excludes halogenated alkanes) is 2. The van der Waals surface area contributed by atoms with Gasteiger partial charge in [-0.1, -0.05) is 45.4 Å². The van der Waals surface area contributed by atoms with Crippen LogP contribution in [-0.4, -0.2) is 16.9 Å². The summed E-state index contributed by atoms with van der Waals surface area (Å²) in [4.78, 5) is 22.9. The van der Waals surface area contributed by atoms with E-state index in [0.29, 0.717) is 24.7 Å². The van der Waals surface area contributed by atoms with E-state index in [2.05, 4.69) is 6.92 Å². The van der Waals surface area contributed by atoms with Gasteiger partial charge < -0.3 is 5.11 Å². The zero-order chi connectivity index (χ0) is 15.2. The molecule has 0 spiro atoms. The molecule has 21 heavy (non-hydrogen) atoms. The minimum atomic E-state index is -0.918. The largest absolute Gasteiger partial charge is 0.481 e. The fourth-order valence-electron chi connectivity index (χ4n) is 4.34. The molecule has 2 aliphatic rings. The molecule has 2 fully saturated rings. The Morgan fingerprint density at radius 1 is 1.05 bits per heavy atom. The SMILES string of the molecule is CCCCCC1CCC(C2CCC(C(=O)O)C(=O)C2)CC1. The lowest BCUT2D eigenvalue weighted by molar-refractivity contribution is -0.148. The fourth-order valence-corrected chi connectivity index (χ4v) is 4.34. The highest BCUT2D eigenvalue weighted by Gasteiger charge is 2.37. The van der Waals surface area contributed by atoms with Crippen LogP contribution in [0.3, 0.4) is 0 Å². The Morgan fingerprint density at radius 2 is 1.71 bits per heavy atom. The summed E-state index contributed by atoms with van der Waals surface area (Å²) in [6, 6.07) is 0. The summed E-state index contributed by atoms with van der Waals surface area (Å²) in [7, 11) is 0. The first-order chi connectivity index (χ1) is 10.1. The topological polar surface area (TPSA) is 54.4 Å². The zero-order valence-electron chi connectivity index (χ0n) is 13.4. The van der Waals surface area contributed by atoms with Gasteiger partial charge >= 0.3 is 5.97 Å². The summed E-state index contributed by atoms with van der Waals surface area (Å²) in [6.45, 7) is 2.25. The van der Waals surface area contributed by atoms with Crippen LogP contribution in [0.15, 0.2) is 0 Å². The second kappa shape index (κ2) is 7.95. The van der Waals surface area contributed by atoms with E-state index in [1.807, 2.05) is 0 Å². The molecule has 0 radical (unpaired) electrons. The molecule has 0 bridgehead atoms. The minimum absolute atomic E-state index is 0.0242. The van der Waals surface area contributed by atoms with E-state index < -0.39 is 11.9 Å². The quantitative estimate of drug-likeness (QED) is 0.582. The molecule has 2 saturated carbocycles. The molecule has 3 nitrogen and oxygen atoms in total. The number of rotatable bonds is 6. The molecule has 0 heterocycles. The highest BCUT2D eigenvalue weighted by atomic mass is 16.4. The molecule has 0 aromatic rings. The third-order valence-electron chi connectivity index (χ3n) is 5.75. The first-order valence-electron chi connectivity index (χ1n) is 8.87. The van der Waals surface area contributed by atoms with Crippen molar-refractivity contribution in [1.29, 1.82) is 0 Å². The van der Waals surface area contributed by atoms with Gasteiger partial charge in [0.15, 0.2) is 0 Å². The van der Waals surface area contributed by atoms with Crippen molar-refractivity contribution in [3.05, 3.63) is 0 Å². The summed E-state index contributed by atoms with van der Waals surface area (Å²) < 4.78 is 0. The summed E-state index contributed by atoms with van der Waals surface area (Å²) in [5, 5.41) is 9.02. The Balaban J connectivity index is 1.73. The van der Waals surface area contributed by atoms with Gasteiger partial charge in [-0.05, 0) is 43.4 Å². The normalized spacial score (nSPS) is 33.9. The minimum Gasteiger partial charge on any atom is -0.481 e. The van der Waals surface area contributed by atoms with Gasteiger partial charge in [-0.3, -0.25) is 9.59 Å². The van der Waals surface area contributed by atoms with Crippen LogP contribution in [0.4, 0.5) is 0 Å². The molecule has 2 unspecified atom stereocenters. The second-order valence-electron chi connectivity index (χ2n) is 7.18. The van der Waals surface area contributed by atoms with Gasteiger partial charge in [0.2, 0.25) is 0 Å². The van der Waals surface area contributed by atoms with Crippen molar-refractivity contribution in [2.45, 2.75) is 77.6 Å². The molecule has 2 atom stereocenters. The first-order valence-corrected chi connectivity index (χ1v) is 8.87. The highest BCUT2D eigenvalue weighted by molar-refractivity contribution is 5.98. The number of carboxylic acids is 1. The van der Waals surface area contributed by atoms with Crippen LogP contribution in [0.2, 0.25) is 0 Å². The van der Waals surface area contributed by atoms with Crippen LogP contribution in [0, 0.1) is 23.7 Å². The number of ketones is 1. The van der Waals surface area contributed by atoms with Crippen LogP contribution in [-0.2, 0) is 9.59 Å². The van der Waals surface area contributed by atoms with Gasteiger partial charge in [0.25, 0.3) is 0 Å². The summed E-state index contributed by atoms with van der Waals surface area (Å²) in [5.74, 6) is 0.378. The standard InChI is InChI=1S/C18H30O3/c1-2-3-4-5-13-6-8-14(9-7-13)15-10-11-16(18(20)21)17(19)12-15/h13-16H,2-12H2,1H3,(H,20,21). The summed E-state index contributed by atoms with van der Waals surface area (Å²) >= 11 is 0. The number of Topliss-reactive ketones (excluding diaryl/α,β-unsaturated/α-hetero) is 1. The second-order valence-corrected chi connectivity index (χ2v) is 7.18. The van der Waals surface area contributed by atoms with Crippen molar-refractivity contribution in [2.75, 3.05) is 0 Å². The number of carboxylic acid groups (broad SMARTS) is 1. The Hall–Kier alpha value is -0.860. The van der Waals surface area contributed by atoms with Crippen LogP contribution in [0.25, 0.3) is 0 Å². The zero-order valence-corrected chi connectivity index (χ0v) is 13.4. The van der Waals surface area contributed by atoms with Gasteiger partial charge in [-0.25, -0.2) is 0 Å². The molecule has 1 N–H and O–H groups in total. The van der Waals surface area contributed by atoms with E-state index >= 15 is 0 Å². The molecule has 3 heteroatoms. The Labute approximate surface area is 128 Å². The van der Waals surface area contributed by atoms with Crippen molar-refractivity contribution in [3.63, 3.8) is 0 Å². The fraction of sp³-hybridized carbons (Fsp3) is 0.889. The number of hydrogen-bond donors (Lipinski definition) is 1. The molecule has 0 aliphatic heterocycles. The molecule has 0 aromatic heterocycles. The molecule has 120 valence electrons. The van der Waals surface area contributed by atoms with Crippen LogP contribution < -0.4 is 0 Å². The summed E-state index contributed by atoms with van der Waals surface area (Å²) in [6.07, 6.45) is 12.6. The van der Waals surface area contributed by atoms with E-state index in [-0.39, 0.29) is 5.78 Å². The van der Waals surface area contributed by atoms with E-state index in [1.165, 1.54) is 51.4 Å². The molecule has 0 aromatic carbocycles. The molecule has 2 aliphatic carbocycles. The molecular weight excluding hydrogens is 264 g/mol. The number of carbonyl (C=O) groups excluding carboxylic acids is 1. The average Bonchev–Trinajstić information content (AvgIpc) is 2.48. The molecule has 2 rings (SSSR count). The van der Waals surface area contributed by atoms with Crippen LogP contribution in [0.5, 0.6) is 0 Å². The maximum absolute atomic E-state index is 11.9. The Morgan fingerprint density at radius 3 is 2.29 bits per heavy atom. The maximum atomic E-state index is 11.9.